The first-order valence-corrected chi connectivity index (χ1v) is 8.51. The van der Waals surface area contributed by atoms with Gasteiger partial charge in [0.05, 0.1) is 13.0 Å². The van der Waals surface area contributed by atoms with Gasteiger partial charge in [-0.05, 0) is 30.9 Å². The Kier molecular flexibility index (Phi) is 6.73. The highest BCUT2D eigenvalue weighted by Gasteiger charge is 2.36. The molecule has 1 aliphatic rings. The van der Waals surface area contributed by atoms with E-state index in [9.17, 15) is 13.6 Å². The number of likely N-dealkylation sites (tertiary alicyclic amines) is 1. The number of nitrogens with zero attached hydrogens (tertiary/aromatic N) is 2. The number of rotatable bonds is 5. The third-order valence-corrected chi connectivity index (χ3v) is 4.41. The molecule has 0 bridgehead atoms. The maximum Gasteiger partial charge on any atom is 0.310 e. The molecular weight excluding hydrogens is 328 g/mol. The van der Waals surface area contributed by atoms with Gasteiger partial charge in [0, 0.05) is 32.2 Å². The van der Waals surface area contributed by atoms with Gasteiger partial charge in [-0.1, -0.05) is 13.0 Å². The predicted molar refractivity (Wildman–Crippen MR) is 92.3 cm³/mol. The highest BCUT2D eigenvalue weighted by molar-refractivity contribution is 5.82. The molecule has 7 heteroatoms. The second-order valence-corrected chi connectivity index (χ2v) is 6.23. The van der Waals surface area contributed by atoms with Gasteiger partial charge in [0.15, 0.2) is 5.96 Å². The number of aliphatic imine (C=N–C) groups is 1. The summed E-state index contributed by atoms with van der Waals surface area (Å²) in [6.45, 7) is 6.29. The zero-order chi connectivity index (χ0) is 18.4. The van der Waals surface area contributed by atoms with Gasteiger partial charge >= 0.3 is 5.97 Å². The molecule has 1 aromatic carbocycles. The standard InChI is InChI=1S/C18H25F2N3O2/c1-4-21-18(23-10-12(2)15(11-23)17(24)25-3)22-8-7-13-5-6-14(19)9-16(13)20/h5-6,9,12,15H,4,7-8,10-11H2,1-3H3,(H,21,22). The van der Waals surface area contributed by atoms with Gasteiger partial charge in [-0.15, -0.1) is 0 Å². The Morgan fingerprint density at radius 2 is 2.16 bits per heavy atom. The molecule has 2 rings (SSSR count). The molecule has 0 aromatic heterocycles. The van der Waals surface area contributed by atoms with Crippen molar-refractivity contribution in [3.8, 4) is 0 Å². The molecule has 138 valence electrons. The fourth-order valence-electron chi connectivity index (χ4n) is 3.03. The number of hydrogen-bond acceptors (Lipinski definition) is 3. The molecule has 25 heavy (non-hydrogen) atoms. The van der Waals surface area contributed by atoms with Crippen LogP contribution >= 0.6 is 0 Å². The Morgan fingerprint density at radius 1 is 1.40 bits per heavy atom. The van der Waals surface area contributed by atoms with Crippen LogP contribution in [0.4, 0.5) is 8.78 Å². The molecular formula is C18H25F2N3O2. The van der Waals surface area contributed by atoms with Crippen LogP contribution < -0.4 is 5.32 Å². The topological polar surface area (TPSA) is 53.9 Å². The molecule has 1 fully saturated rings. The van der Waals surface area contributed by atoms with Crippen molar-refractivity contribution in [1.82, 2.24) is 10.2 Å². The molecule has 1 N–H and O–H groups in total. The van der Waals surface area contributed by atoms with E-state index >= 15 is 0 Å². The predicted octanol–water partition coefficient (Wildman–Crippen LogP) is 2.21. The van der Waals surface area contributed by atoms with E-state index in [2.05, 4.69) is 10.3 Å². The van der Waals surface area contributed by atoms with Crippen LogP contribution in [-0.4, -0.2) is 50.1 Å². The first-order valence-electron chi connectivity index (χ1n) is 8.51. The van der Waals surface area contributed by atoms with Gasteiger partial charge in [-0.3, -0.25) is 9.79 Å². The number of ether oxygens (including phenoxy) is 1. The van der Waals surface area contributed by atoms with E-state index in [0.29, 0.717) is 44.1 Å². The van der Waals surface area contributed by atoms with E-state index in [1.54, 1.807) is 0 Å². The molecule has 1 aromatic rings. The van der Waals surface area contributed by atoms with Crippen LogP contribution in [0.15, 0.2) is 23.2 Å². The van der Waals surface area contributed by atoms with Crippen molar-refractivity contribution >= 4 is 11.9 Å². The van der Waals surface area contributed by atoms with Gasteiger partial charge in [0.2, 0.25) is 0 Å². The number of halogens is 2. The molecule has 0 spiro atoms. The number of guanidine groups is 1. The number of methoxy groups -OCH3 is 1. The van der Waals surface area contributed by atoms with E-state index in [1.165, 1.54) is 19.2 Å². The minimum atomic E-state index is -0.585. The number of hydrogen-bond donors (Lipinski definition) is 1. The monoisotopic (exact) mass is 353 g/mol. The summed E-state index contributed by atoms with van der Waals surface area (Å²) in [6.07, 6.45) is 0.380. The lowest BCUT2D eigenvalue weighted by atomic mass is 9.99. The summed E-state index contributed by atoms with van der Waals surface area (Å²) in [7, 11) is 1.40. The second kappa shape index (κ2) is 8.78. The Bertz CT molecular complexity index is 637. The van der Waals surface area contributed by atoms with Crippen LogP contribution in [0.2, 0.25) is 0 Å². The summed E-state index contributed by atoms with van der Waals surface area (Å²) in [5.41, 5.74) is 0.434. The average molecular weight is 353 g/mol. The fraction of sp³-hybridized carbons (Fsp3) is 0.556. The van der Waals surface area contributed by atoms with Gasteiger partial charge in [-0.25, -0.2) is 8.78 Å². The minimum absolute atomic E-state index is 0.172. The molecule has 1 aliphatic heterocycles. The van der Waals surface area contributed by atoms with E-state index in [-0.39, 0.29) is 17.8 Å². The van der Waals surface area contributed by atoms with Gasteiger partial charge < -0.3 is 15.0 Å². The number of benzene rings is 1. The van der Waals surface area contributed by atoms with Crippen LogP contribution in [0.25, 0.3) is 0 Å². The quantitative estimate of drug-likeness (QED) is 0.501. The first-order chi connectivity index (χ1) is 12.0. The number of nitrogens with one attached hydrogen (secondary N) is 1. The van der Waals surface area contributed by atoms with E-state index in [1.807, 2.05) is 18.7 Å². The smallest absolute Gasteiger partial charge is 0.310 e. The Labute approximate surface area is 147 Å². The molecule has 2 unspecified atom stereocenters. The maximum absolute atomic E-state index is 13.7. The summed E-state index contributed by atoms with van der Waals surface area (Å²) in [6, 6.07) is 3.57. The van der Waals surface area contributed by atoms with Crippen molar-refractivity contribution in [1.29, 1.82) is 0 Å². The van der Waals surface area contributed by atoms with Crippen LogP contribution in [0, 0.1) is 23.5 Å². The largest absolute Gasteiger partial charge is 0.469 e. The number of carbonyl (C=O) groups excluding carboxylic acids is 1. The number of esters is 1. The van der Waals surface area contributed by atoms with E-state index in [0.717, 1.165) is 6.07 Å². The molecule has 5 nitrogen and oxygen atoms in total. The zero-order valence-electron chi connectivity index (χ0n) is 14.9. The SMILES string of the molecule is CCNC(=NCCc1ccc(F)cc1F)N1CC(C)C(C(=O)OC)C1. The Morgan fingerprint density at radius 3 is 2.80 bits per heavy atom. The highest BCUT2D eigenvalue weighted by Crippen LogP contribution is 2.24. The highest BCUT2D eigenvalue weighted by atomic mass is 19.1. The van der Waals surface area contributed by atoms with Crippen molar-refractivity contribution in [2.75, 3.05) is 33.3 Å². The van der Waals surface area contributed by atoms with Crippen molar-refractivity contribution in [3.05, 3.63) is 35.4 Å². The van der Waals surface area contributed by atoms with Gasteiger partial charge in [0.1, 0.15) is 11.6 Å². The average Bonchev–Trinajstić information content (AvgIpc) is 2.97. The van der Waals surface area contributed by atoms with Crippen LogP contribution in [0.5, 0.6) is 0 Å². The molecule has 0 radical (unpaired) electrons. The van der Waals surface area contributed by atoms with Crippen molar-refractivity contribution < 1.29 is 18.3 Å². The Hall–Kier alpha value is -2.18. The van der Waals surface area contributed by atoms with Crippen LogP contribution in [0.1, 0.15) is 19.4 Å². The van der Waals surface area contributed by atoms with Gasteiger partial charge in [-0.2, -0.15) is 0 Å². The molecule has 0 aliphatic carbocycles. The fourth-order valence-corrected chi connectivity index (χ4v) is 3.03. The van der Waals surface area contributed by atoms with Crippen molar-refractivity contribution in [3.63, 3.8) is 0 Å². The van der Waals surface area contributed by atoms with E-state index in [4.69, 9.17) is 4.74 Å². The van der Waals surface area contributed by atoms with Crippen LogP contribution in [-0.2, 0) is 16.0 Å². The molecule has 1 saturated heterocycles. The Balaban J connectivity index is 2.02. The lowest BCUT2D eigenvalue weighted by molar-refractivity contribution is -0.145. The summed E-state index contributed by atoms with van der Waals surface area (Å²) in [5.74, 6) is -0.657. The van der Waals surface area contributed by atoms with E-state index < -0.39 is 11.6 Å². The molecule has 2 atom stereocenters. The normalized spacial score (nSPS) is 20.7. The summed E-state index contributed by atoms with van der Waals surface area (Å²) in [5, 5.41) is 3.20. The summed E-state index contributed by atoms with van der Waals surface area (Å²) >= 11 is 0. The minimum Gasteiger partial charge on any atom is -0.469 e. The maximum atomic E-state index is 13.7. The molecule has 0 amide bonds. The second-order valence-electron chi connectivity index (χ2n) is 6.23. The molecule has 0 saturated carbocycles. The lowest BCUT2D eigenvalue weighted by Crippen LogP contribution is -2.40. The van der Waals surface area contributed by atoms with Crippen molar-refractivity contribution in [2.45, 2.75) is 20.3 Å². The van der Waals surface area contributed by atoms with Crippen LogP contribution in [0.3, 0.4) is 0 Å². The number of carbonyl (C=O) groups is 1. The summed E-state index contributed by atoms with van der Waals surface area (Å²) < 4.78 is 31.5. The molecule has 1 heterocycles. The zero-order valence-corrected chi connectivity index (χ0v) is 14.9. The first kappa shape index (κ1) is 19.1. The van der Waals surface area contributed by atoms with Gasteiger partial charge in [0.25, 0.3) is 0 Å². The summed E-state index contributed by atoms with van der Waals surface area (Å²) in [4.78, 5) is 18.4. The third-order valence-electron chi connectivity index (χ3n) is 4.41. The lowest BCUT2D eigenvalue weighted by Gasteiger charge is -2.21. The van der Waals surface area contributed by atoms with Crippen molar-refractivity contribution in [2.24, 2.45) is 16.8 Å². The third kappa shape index (κ3) is 4.90.